The van der Waals surface area contributed by atoms with Crippen molar-refractivity contribution in [2.45, 2.75) is 6.10 Å². The summed E-state index contributed by atoms with van der Waals surface area (Å²) in [5.41, 5.74) is 0. The standard InChI is InChI=1S/C3H6NO6P/c4-1-2(3(5)6)10-11(7,8)9/h1-2,4H,(H,5,6)(H2,7,8,9). The van der Waals surface area contributed by atoms with Crippen LogP contribution in [0.5, 0.6) is 0 Å². The van der Waals surface area contributed by atoms with Gasteiger partial charge < -0.3 is 20.3 Å². The Morgan fingerprint density at radius 1 is 1.64 bits per heavy atom. The van der Waals surface area contributed by atoms with Crippen LogP contribution in [0.3, 0.4) is 0 Å². The highest BCUT2D eigenvalue weighted by molar-refractivity contribution is 7.46. The second-order valence-electron chi connectivity index (χ2n) is 1.52. The number of rotatable bonds is 4. The van der Waals surface area contributed by atoms with Crippen LogP contribution in [-0.4, -0.2) is 33.2 Å². The summed E-state index contributed by atoms with van der Waals surface area (Å²) in [5.74, 6) is -1.62. The highest BCUT2D eigenvalue weighted by Gasteiger charge is 2.25. The summed E-state index contributed by atoms with van der Waals surface area (Å²) in [6.07, 6.45) is -1.61. The molecule has 0 rings (SSSR count). The van der Waals surface area contributed by atoms with E-state index < -0.39 is 19.9 Å². The molecule has 11 heavy (non-hydrogen) atoms. The van der Waals surface area contributed by atoms with Crippen molar-refractivity contribution < 1.29 is 28.8 Å². The van der Waals surface area contributed by atoms with Gasteiger partial charge in [-0.25, -0.2) is 9.36 Å². The summed E-state index contributed by atoms with van der Waals surface area (Å²) in [4.78, 5) is 26.2. The molecule has 1 unspecified atom stereocenters. The fourth-order valence-corrected chi connectivity index (χ4v) is 0.742. The largest absolute Gasteiger partial charge is 0.479 e. The van der Waals surface area contributed by atoms with E-state index in [0.29, 0.717) is 0 Å². The Hall–Kier alpha value is -0.750. The van der Waals surface area contributed by atoms with E-state index in [-0.39, 0.29) is 6.21 Å². The summed E-state index contributed by atoms with van der Waals surface area (Å²) < 4.78 is 13.7. The number of carboxylic acid groups (broad SMARTS) is 1. The Morgan fingerprint density at radius 2 is 2.09 bits per heavy atom. The molecule has 0 bridgehead atoms. The van der Waals surface area contributed by atoms with Gasteiger partial charge in [0.05, 0.1) is 0 Å². The number of aliphatic carboxylic acids is 1. The van der Waals surface area contributed by atoms with E-state index in [1.54, 1.807) is 0 Å². The zero-order valence-electron chi connectivity index (χ0n) is 5.17. The van der Waals surface area contributed by atoms with Gasteiger partial charge in [-0.3, -0.25) is 4.52 Å². The van der Waals surface area contributed by atoms with Crippen molar-refractivity contribution in [3.63, 3.8) is 0 Å². The molecule has 0 aromatic heterocycles. The molecule has 0 aliphatic rings. The molecule has 0 spiro atoms. The van der Waals surface area contributed by atoms with Gasteiger partial charge in [0.2, 0.25) is 6.10 Å². The summed E-state index contributed by atoms with van der Waals surface area (Å²) in [6.45, 7) is 0. The molecule has 4 N–H and O–H groups in total. The lowest BCUT2D eigenvalue weighted by molar-refractivity contribution is -0.142. The fraction of sp³-hybridized carbons (Fsp3) is 0.333. The molecule has 7 nitrogen and oxygen atoms in total. The monoisotopic (exact) mass is 183 g/mol. The molecule has 0 aromatic rings. The number of phosphoric ester groups is 1. The zero-order chi connectivity index (χ0) is 9.07. The van der Waals surface area contributed by atoms with Crippen LogP contribution >= 0.6 is 7.82 Å². The van der Waals surface area contributed by atoms with E-state index in [9.17, 15) is 9.36 Å². The average molecular weight is 183 g/mol. The van der Waals surface area contributed by atoms with Gasteiger partial charge in [0.15, 0.2) is 0 Å². The lowest BCUT2D eigenvalue weighted by Gasteiger charge is -2.07. The number of phosphoric acid groups is 1. The first-order chi connectivity index (χ1) is 4.87. The number of hydrogen-bond donors (Lipinski definition) is 4. The van der Waals surface area contributed by atoms with E-state index in [4.69, 9.17) is 20.3 Å². The van der Waals surface area contributed by atoms with E-state index in [1.165, 1.54) is 0 Å². The Morgan fingerprint density at radius 3 is 2.18 bits per heavy atom. The molecular formula is C3H6NO6P. The molecule has 0 saturated carbocycles. The molecule has 0 aliphatic carbocycles. The van der Waals surface area contributed by atoms with Crippen LogP contribution in [0, 0.1) is 5.41 Å². The quantitative estimate of drug-likeness (QED) is 0.333. The van der Waals surface area contributed by atoms with E-state index >= 15 is 0 Å². The maximum atomic E-state index is 10.0. The number of carbonyl (C=O) groups is 1. The lowest BCUT2D eigenvalue weighted by atomic mass is 10.4. The third-order valence-electron chi connectivity index (χ3n) is 0.646. The minimum Gasteiger partial charge on any atom is -0.479 e. The molecule has 8 heteroatoms. The van der Waals surface area contributed by atoms with Crippen LogP contribution in [0.25, 0.3) is 0 Å². The maximum Gasteiger partial charge on any atom is 0.470 e. The highest BCUT2D eigenvalue weighted by Crippen LogP contribution is 2.37. The highest BCUT2D eigenvalue weighted by atomic mass is 31.2. The SMILES string of the molecule is N=CC(OP(=O)(O)O)C(=O)O. The molecule has 0 aliphatic heterocycles. The number of hydrogen-bond acceptors (Lipinski definition) is 4. The summed E-state index contributed by atoms with van der Waals surface area (Å²) in [5, 5.41) is 14.5. The first-order valence-electron chi connectivity index (χ1n) is 2.34. The smallest absolute Gasteiger partial charge is 0.470 e. The van der Waals surface area contributed by atoms with Crippen molar-refractivity contribution in [3.8, 4) is 0 Å². The second-order valence-corrected chi connectivity index (χ2v) is 2.71. The van der Waals surface area contributed by atoms with Gasteiger partial charge in [0.1, 0.15) is 0 Å². The Bertz CT molecular complexity index is 208. The Kier molecular flexibility index (Phi) is 3.34. The summed E-state index contributed by atoms with van der Waals surface area (Å²) >= 11 is 0. The predicted octanol–water partition coefficient (Wildman–Crippen LogP) is -0.802. The van der Waals surface area contributed by atoms with Gasteiger partial charge in [-0.05, 0) is 0 Å². The third-order valence-corrected chi connectivity index (χ3v) is 1.15. The van der Waals surface area contributed by atoms with Crippen molar-refractivity contribution in [2.75, 3.05) is 0 Å². The van der Waals surface area contributed by atoms with Crippen molar-refractivity contribution in [1.29, 1.82) is 5.41 Å². The van der Waals surface area contributed by atoms with E-state index in [0.717, 1.165) is 0 Å². The van der Waals surface area contributed by atoms with Gasteiger partial charge in [-0.1, -0.05) is 0 Å². The van der Waals surface area contributed by atoms with Crippen molar-refractivity contribution in [3.05, 3.63) is 0 Å². The molecule has 0 heterocycles. The second kappa shape index (κ2) is 3.59. The van der Waals surface area contributed by atoms with Crippen LogP contribution in [0.1, 0.15) is 0 Å². The summed E-state index contributed by atoms with van der Waals surface area (Å²) in [7, 11) is -4.82. The van der Waals surface area contributed by atoms with E-state index in [2.05, 4.69) is 4.52 Å². The predicted molar refractivity (Wildman–Crippen MR) is 33.3 cm³/mol. The van der Waals surface area contributed by atoms with Crippen LogP contribution in [0.4, 0.5) is 0 Å². The molecule has 0 aromatic carbocycles. The topological polar surface area (TPSA) is 128 Å². The van der Waals surface area contributed by atoms with Gasteiger partial charge >= 0.3 is 13.8 Å². The first-order valence-corrected chi connectivity index (χ1v) is 3.87. The van der Waals surface area contributed by atoms with Gasteiger partial charge in [-0.15, -0.1) is 0 Å². The third kappa shape index (κ3) is 4.63. The molecule has 0 saturated heterocycles. The first kappa shape index (κ1) is 10.2. The van der Waals surface area contributed by atoms with Crippen LogP contribution < -0.4 is 0 Å². The molecule has 0 amide bonds. The van der Waals surface area contributed by atoms with Gasteiger partial charge in [0, 0.05) is 6.21 Å². The van der Waals surface area contributed by atoms with Gasteiger partial charge in [-0.2, -0.15) is 0 Å². The molecular weight excluding hydrogens is 177 g/mol. The maximum absolute atomic E-state index is 10.0. The molecule has 1 atom stereocenters. The van der Waals surface area contributed by atoms with Crippen molar-refractivity contribution in [1.82, 2.24) is 0 Å². The van der Waals surface area contributed by atoms with Crippen LogP contribution in [-0.2, 0) is 13.9 Å². The Labute approximate surface area is 61.4 Å². The van der Waals surface area contributed by atoms with Crippen molar-refractivity contribution >= 4 is 20.0 Å². The van der Waals surface area contributed by atoms with Crippen LogP contribution in [0.2, 0.25) is 0 Å². The normalized spacial score (nSPS) is 14.0. The van der Waals surface area contributed by atoms with Crippen molar-refractivity contribution in [2.24, 2.45) is 0 Å². The minimum atomic E-state index is -4.82. The summed E-state index contributed by atoms with van der Waals surface area (Å²) in [6, 6.07) is 0. The average Bonchev–Trinajstić information content (AvgIpc) is 1.80. The number of nitrogens with one attached hydrogen (secondary N) is 1. The zero-order valence-corrected chi connectivity index (χ0v) is 6.06. The molecule has 0 fully saturated rings. The molecule has 64 valence electrons. The van der Waals surface area contributed by atoms with Crippen LogP contribution in [0.15, 0.2) is 0 Å². The minimum absolute atomic E-state index is 0.279. The fourth-order valence-electron chi connectivity index (χ4n) is 0.295. The van der Waals surface area contributed by atoms with Gasteiger partial charge in [0.25, 0.3) is 0 Å². The lowest BCUT2D eigenvalue weighted by Crippen LogP contribution is -2.23. The number of carboxylic acids is 1. The van der Waals surface area contributed by atoms with E-state index in [1.807, 2.05) is 0 Å². The Balaban J connectivity index is 4.21. The molecule has 0 radical (unpaired) electrons.